The minimum atomic E-state index is -0.978. The minimum absolute atomic E-state index is 0.240. The molecule has 1 N–H and O–H groups in total. The number of nitrogens with one attached hydrogen (secondary N) is 1. The summed E-state index contributed by atoms with van der Waals surface area (Å²) in [4.78, 5) is 24.9. The molecule has 0 radical (unpaired) electrons. The maximum Gasteiger partial charge on any atom is 0.347 e. The molecule has 0 fully saturated rings. The molecular weight excluding hydrogens is 368 g/mol. The molecule has 0 aliphatic heterocycles. The van der Waals surface area contributed by atoms with Crippen LogP contribution in [0.3, 0.4) is 0 Å². The van der Waals surface area contributed by atoms with Crippen LogP contribution in [0.5, 0.6) is 5.75 Å². The molecule has 29 heavy (non-hydrogen) atoms. The fourth-order valence-corrected chi connectivity index (χ4v) is 2.75. The summed E-state index contributed by atoms with van der Waals surface area (Å²) in [5.41, 5.74) is 3.21. The molecule has 2 rings (SSSR count). The first-order valence-electron chi connectivity index (χ1n) is 9.50. The second-order valence-corrected chi connectivity index (χ2v) is 7.16. The fourth-order valence-electron chi connectivity index (χ4n) is 2.75. The van der Waals surface area contributed by atoms with Crippen molar-refractivity contribution in [2.45, 2.75) is 52.7 Å². The monoisotopic (exact) mass is 394 g/mol. The van der Waals surface area contributed by atoms with Crippen molar-refractivity contribution >= 4 is 17.6 Å². The number of aryl methyl sites for hydroxylation is 1. The third-order valence-corrected chi connectivity index (χ3v) is 4.47. The second kappa shape index (κ2) is 9.74. The number of carbonyl (C=O) groups is 2. The molecule has 2 atom stereocenters. The van der Waals surface area contributed by atoms with Gasteiger partial charge in [-0.15, -0.1) is 0 Å². The Kier molecular flexibility index (Phi) is 7.38. The van der Waals surface area contributed by atoms with Crippen LogP contribution >= 0.6 is 0 Å². The lowest BCUT2D eigenvalue weighted by Crippen LogP contribution is -2.35. The molecule has 0 aliphatic carbocycles. The molecule has 6 nitrogen and oxygen atoms in total. The number of rotatable bonds is 7. The van der Waals surface area contributed by atoms with Crippen LogP contribution in [0, 0.1) is 18.3 Å². The van der Waals surface area contributed by atoms with Crippen molar-refractivity contribution in [3.8, 4) is 11.8 Å². The Bertz CT molecular complexity index is 913. The van der Waals surface area contributed by atoms with E-state index < -0.39 is 24.1 Å². The summed E-state index contributed by atoms with van der Waals surface area (Å²) >= 11 is 0. The largest absolute Gasteiger partial charge is 0.479 e. The Hall–Kier alpha value is -3.33. The number of nitriles is 1. The number of anilines is 1. The van der Waals surface area contributed by atoms with Gasteiger partial charge in [-0.1, -0.05) is 32.0 Å². The molecule has 1 amide bonds. The Balaban J connectivity index is 1.98. The van der Waals surface area contributed by atoms with E-state index in [4.69, 9.17) is 14.7 Å². The smallest absolute Gasteiger partial charge is 0.347 e. The lowest BCUT2D eigenvalue weighted by atomic mass is 9.98. The first-order chi connectivity index (χ1) is 13.7. The van der Waals surface area contributed by atoms with E-state index in [1.54, 1.807) is 31.2 Å². The molecule has 0 bridgehead atoms. The van der Waals surface area contributed by atoms with Gasteiger partial charge < -0.3 is 14.8 Å². The zero-order valence-corrected chi connectivity index (χ0v) is 17.4. The number of ether oxygens (including phenoxy) is 2. The fraction of sp³-hybridized carbons (Fsp3) is 0.348. The van der Waals surface area contributed by atoms with Crippen LogP contribution in [0.1, 0.15) is 50.3 Å². The molecule has 2 aromatic rings. The SMILES string of the molecule is Cc1cccc(C(C)C)c1NC(=O)[C@@H](C)OC(=O)[C@H](C)Oc1ccc(C#N)cc1. The van der Waals surface area contributed by atoms with E-state index in [1.165, 1.54) is 6.92 Å². The van der Waals surface area contributed by atoms with Crippen molar-refractivity contribution in [3.63, 3.8) is 0 Å². The Morgan fingerprint density at radius 2 is 1.66 bits per heavy atom. The Morgan fingerprint density at radius 1 is 1.00 bits per heavy atom. The highest BCUT2D eigenvalue weighted by Gasteiger charge is 2.24. The summed E-state index contributed by atoms with van der Waals surface area (Å²) in [7, 11) is 0. The van der Waals surface area contributed by atoms with Crippen LogP contribution in [-0.2, 0) is 14.3 Å². The highest BCUT2D eigenvalue weighted by Crippen LogP contribution is 2.27. The maximum atomic E-state index is 12.6. The van der Waals surface area contributed by atoms with Gasteiger partial charge in [0.1, 0.15) is 5.75 Å². The Labute approximate surface area is 171 Å². The van der Waals surface area contributed by atoms with Gasteiger partial charge in [0.15, 0.2) is 12.2 Å². The van der Waals surface area contributed by atoms with Crippen molar-refractivity contribution in [2.75, 3.05) is 5.32 Å². The van der Waals surface area contributed by atoms with E-state index in [0.29, 0.717) is 11.3 Å². The molecule has 2 aromatic carbocycles. The average Bonchev–Trinajstić information content (AvgIpc) is 2.69. The van der Waals surface area contributed by atoms with Gasteiger partial charge in [-0.2, -0.15) is 5.26 Å². The summed E-state index contributed by atoms with van der Waals surface area (Å²) < 4.78 is 10.8. The summed E-state index contributed by atoms with van der Waals surface area (Å²) in [5.74, 6) is -0.373. The third-order valence-electron chi connectivity index (χ3n) is 4.47. The van der Waals surface area contributed by atoms with Crippen LogP contribution in [0.25, 0.3) is 0 Å². The van der Waals surface area contributed by atoms with Crippen molar-refractivity contribution in [1.29, 1.82) is 5.26 Å². The van der Waals surface area contributed by atoms with Gasteiger partial charge in [0.25, 0.3) is 5.91 Å². The van der Waals surface area contributed by atoms with E-state index >= 15 is 0 Å². The summed E-state index contributed by atoms with van der Waals surface area (Å²) in [5, 5.41) is 11.7. The summed E-state index contributed by atoms with van der Waals surface area (Å²) in [6, 6.07) is 14.2. The third kappa shape index (κ3) is 5.82. The highest BCUT2D eigenvalue weighted by atomic mass is 16.6. The highest BCUT2D eigenvalue weighted by molar-refractivity contribution is 5.96. The van der Waals surface area contributed by atoms with Gasteiger partial charge >= 0.3 is 5.97 Å². The van der Waals surface area contributed by atoms with E-state index in [1.807, 2.05) is 31.2 Å². The lowest BCUT2D eigenvalue weighted by molar-refractivity contribution is -0.159. The number of esters is 1. The number of hydrogen-bond acceptors (Lipinski definition) is 5. The second-order valence-electron chi connectivity index (χ2n) is 7.16. The van der Waals surface area contributed by atoms with E-state index in [2.05, 4.69) is 19.2 Å². The van der Waals surface area contributed by atoms with Gasteiger partial charge in [-0.3, -0.25) is 4.79 Å². The molecule has 0 unspecified atom stereocenters. The van der Waals surface area contributed by atoms with Crippen molar-refractivity contribution < 1.29 is 19.1 Å². The van der Waals surface area contributed by atoms with E-state index in [-0.39, 0.29) is 5.92 Å². The zero-order valence-electron chi connectivity index (χ0n) is 17.4. The van der Waals surface area contributed by atoms with Crippen LogP contribution < -0.4 is 10.1 Å². The molecule has 6 heteroatoms. The molecule has 0 spiro atoms. The van der Waals surface area contributed by atoms with Crippen molar-refractivity contribution in [2.24, 2.45) is 0 Å². The standard InChI is InChI=1S/C23H26N2O4/c1-14(2)20-8-6-7-15(3)21(20)25-22(26)16(4)29-23(27)17(5)28-19-11-9-18(13-24)10-12-19/h6-12,14,16-17H,1-5H3,(H,25,26)/t16-,17+/m1/s1. The summed E-state index contributed by atoms with van der Waals surface area (Å²) in [6.07, 6.45) is -1.88. The van der Waals surface area contributed by atoms with Gasteiger partial charge in [-0.05, 0) is 62.1 Å². The predicted molar refractivity (Wildman–Crippen MR) is 111 cm³/mol. The molecule has 0 saturated heterocycles. The number of hydrogen-bond donors (Lipinski definition) is 1. The zero-order chi connectivity index (χ0) is 21.6. The predicted octanol–water partition coefficient (Wildman–Crippen LogP) is 4.33. The Morgan fingerprint density at radius 3 is 2.24 bits per heavy atom. The maximum absolute atomic E-state index is 12.6. The molecular formula is C23H26N2O4. The van der Waals surface area contributed by atoms with Gasteiger partial charge in [-0.25, -0.2) is 4.79 Å². The molecule has 0 aliphatic rings. The average molecular weight is 394 g/mol. The molecule has 0 aromatic heterocycles. The molecule has 0 heterocycles. The van der Waals surface area contributed by atoms with Crippen LogP contribution in [0.15, 0.2) is 42.5 Å². The summed E-state index contributed by atoms with van der Waals surface area (Å²) in [6.45, 7) is 9.09. The number of para-hydroxylation sites is 1. The minimum Gasteiger partial charge on any atom is -0.479 e. The van der Waals surface area contributed by atoms with Crippen LogP contribution in [0.2, 0.25) is 0 Å². The van der Waals surface area contributed by atoms with Crippen molar-refractivity contribution in [1.82, 2.24) is 0 Å². The number of benzene rings is 2. The first-order valence-corrected chi connectivity index (χ1v) is 9.50. The molecule has 152 valence electrons. The van der Waals surface area contributed by atoms with Crippen molar-refractivity contribution in [3.05, 3.63) is 59.2 Å². The van der Waals surface area contributed by atoms with Crippen LogP contribution in [0.4, 0.5) is 5.69 Å². The van der Waals surface area contributed by atoms with Gasteiger partial charge in [0.2, 0.25) is 0 Å². The van der Waals surface area contributed by atoms with Gasteiger partial charge in [0, 0.05) is 5.69 Å². The topological polar surface area (TPSA) is 88.4 Å². The number of nitrogens with zero attached hydrogens (tertiary/aromatic N) is 1. The van der Waals surface area contributed by atoms with Crippen LogP contribution in [-0.4, -0.2) is 24.1 Å². The normalized spacial score (nSPS) is 12.6. The van der Waals surface area contributed by atoms with E-state index in [0.717, 1.165) is 16.8 Å². The van der Waals surface area contributed by atoms with Gasteiger partial charge in [0.05, 0.1) is 11.6 Å². The number of carbonyl (C=O) groups excluding carboxylic acids is 2. The molecule has 0 saturated carbocycles. The van der Waals surface area contributed by atoms with E-state index in [9.17, 15) is 9.59 Å². The quantitative estimate of drug-likeness (QED) is 0.706. The lowest BCUT2D eigenvalue weighted by Gasteiger charge is -2.20. The first kappa shape index (κ1) is 22.0. The number of amides is 1.